The maximum absolute atomic E-state index is 13.1. The van der Waals surface area contributed by atoms with Gasteiger partial charge in [-0.1, -0.05) is 6.92 Å². The molecule has 0 unspecified atom stereocenters. The Balaban J connectivity index is 0.00000288. The molecule has 0 atom stereocenters. The Kier molecular flexibility index (Phi) is 6.65. The Morgan fingerprint density at radius 1 is 1.25 bits per heavy atom. The lowest BCUT2D eigenvalue weighted by molar-refractivity contribution is -0.140. The molecule has 0 amide bonds. The lowest BCUT2D eigenvalue weighted by Gasteiger charge is -2.34. The van der Waals surface area contributed by atoms with Crippen LogP contribution in [0.3, 0.4) is 0 Å². The standard InChI is InChI=1S/C14H18F4N2O2S.ClH/c1-13(4-6-19-7-5-13)9-20-23(21,22)12-3-2-10(15)8-11(12)14(16,17)18;/h2-3,8,19-20H,4-7,9H2,1H3;1H. The molecule has 4 nitrogen and oxygen atoms in total. The first-order valence-corrected chi connectivity index (χ1v) is 8.59. The van der Waals surface area contributed by atoms with Crippen molar-refractivity contribution in [1.82, 2.24) is 10.0 Å². The van der Waals surface area contributed by atoms with E-state index in [1.807, 2.05) is 6.92 Å². The van der Waals surface area contributed by atoms with Gasteiger partial charge in [-0.2, -0.15) is 13.2 Å². The molecule has 0 radical (unpaired) electrons. The van der Waals surface area contributed by atoms with Crippen molar-refractivity contribution in [2.45, 2.75) is 30.8 Å². The Morgan fingerprint density at radius 2 is 1.83 bits per heavy atom. The molecule has 1 aromatic carbocycles. The van der Waals surface area contributed by atoms with Crippen LogP contribution >= 0.6 is 12.4 Å². The van der Waals surface area contributed by atoms with Crippen LogP contribution < -0.4 is 10.0 Å². The summed E-state index contributed by atoms with van der Waals surface area (Å²) in [5.74, 6) is -1.14. The minimum atomic E-state index is -4.95. The summed E-state index contributed by atoms with van der Waals surface area (Å²) in [6.07, 6.45) is -3.53. The third-order valence-corrected chi connectivity index (χ3v) is 5.50. The number of nitrogens with one attached hydrogen (secondary N) is 2. The first-order chi connectivity index (χ1) is 10.5. The molecular weight excluding hydrogens is 372 g/mol. The second-order valence-corrected chi connectivity index (χ2v) is 7.76. The molecule has 1 aliphatic heterocycles. The normalized spacial score (nSPS) is 18.0. The van der Waals surface area contributed by atoms with Gasteiger partial charge in [0, 0.05) is 6.54 Å². The van der Waals surface area contributed by atoms with Crippen LogP contribution in [0.5, 0.6) is 0 Å². The number of hydrogen-bond donors (Lipinski definition) is 2. The number of rotatable bonds is 4. The van der Waals surface area contributed by atoms with Crippen molar-refractivity contribution >= 4 is 22.4 Å². The van der Waals surface area contributed by atoms with Gasteiger partial charge in [-0.25, -0.2) is 17.5 Å². The van der Waals surface area contributed by atoms with Crippen LogP contribution in [0.4, 0.5) is 17.6 Å². The van der Waals surface area contributed by atoms with Crippen LogP contribution in [0.25, 0.3) is 0 Å². The van der Waals surface area contributed by atoms with Gasteiger partial charge in [-0.05, 0) is 49.5 Å². The number of piperidine rings is 1. The molecule has 10 heteroatoms. The van der Waals surface area contributed by atoms with E-state index in [0.29, 0.717) is 25.0 Å². The molecule has 0 bridgehead atoms. The van der Waals surface area contributed by atoms with Gasteiger partial charge in [0.1, 0.15) is 5.82 Å². The fourth-order valence-electron chi connectivity index (χ4n) is 2.51. The molecule has 1 saturated heterocycles. The molecule has 0 spiro atoms. The Morgan fingerprint density at radius 3 is 2.38 bits per heavy atom. The van der Waals surface area contributed by atoms with E-state index in [9.17, 15) is 26.0 Å². The van der Waals surface area contributed by atoms with Crippen molar-refractivity contribution in [1.29, 1.82) is 0 Å². The van der Waals surface area contributed by atoms with Gasteiger partial charge in [0.15, 0.2) is 0 Å². The van der Waals surface area contributed by atoms with E-state index >= 15 is 0 Å². The third kappa shape index (κ3) is 5.05. The summed E-state index contributed by atoms with van der Waals surface area (Å²) in [5.41, 5.74) is -1.82. The molecule has 2 N–H and O–H groups in total. The third-order valence-electron chi connectivity index (χ3n) is 4.04. The highest BCUT2D eigenvalue weighted by Crippen LogP contribution is 2.35. The monoisotopic (exact) mass is 390 g/mol. The average Bonchev–Trinajstić information content (AvgIpc) is 2.45. The van der Waals surface area contributed by atoms with E-state index in [1.165, 1.54) is 0 Å². The Labute approximate surface area is 144 Å². The molecule has 0 aliphatic carbocycles. The summed E-state index contributed by atoms with van der Waals surface area (Å²) < 4.78 is 78.7. The summed E-state index contributed by atoms with van der Waals surface area (Å²) in [5, 5.41) is 3.14. The zero-order valence-electron chi connectivity index (χ0n) is 12.9. The molecule has 1 fully saturated rings. The molecular formula is C14H19ClF4N2O2S. The van der Waals surface area contributed by atoms with Crippen molar-refractivity contribution < 1.29 is 26.0 Å². The van der Waals surface area contributed by atoms with Crippen LogP contribution in [0.2, 0.25) is 0 Å². The molecule has 24 heavy (non-hydrogen) atoms. The van der Waals surface area contributed by atoms with Gasteiger partial charge in [0.25, 0.3) is 0 Å². The fraction of sp³-hybridized carbons (Fsp3) is 0.571. The van der Waals surface area contributed by atoms with E-state index < -0.39 is 32.5 Å². The largest absolute Gasteiger partial charge is 0.417 e. The SMILES string of the molecule is CC1(CNS(=O)(=O)c2ccc(F)cc2C(F)(F)F)CCNCC1.Cl. The predicted molar refractivity (Wildman–Crippen MR) is 84.0 cm³/mol. The molecule has 1 aliphatic rings. The highest BCUT2D eigenvalue weighted by molar-refractivity contribution is 7.89. The predicted octanol–water partition coefficient (Wildman–Crippen LogP) is 2.93. The van der Waals surface area contributed by atoms with Gasteiger partial charge in [-0.3, -0.25) is 0 Å². The minimum absolute atomic E-state index is 0. The molecule has 1 heterocycles. The van der Waals surface area contributed by atoms with Crippen LogP contribution in [-0.4, -0.2) is 28.1 Å². The maximum Gasteiger partial charge on any atom is 0.417 e. The van der Waals surface area contributed by atoms with Crippen LogP contribution in [0, 0.1) is 11.2 Å². The van der Waals surface area contributed by atoms with Gasteiger partial charge in [-0.15, -0.1) is 12.4 Å². The first kappa shape index (κ1) is 21.1. The van der Waals surface area contributed by atoms with Crippen molar-refractivity contribution in [2.75, 3.05) is 19.6 Å². The van der Waals surface area contributed by atoms with Gasteiger partial charge >= 0.3 is 6.18 Å². The summed E-state index contributed by atoms with van der Waals surface area (Å²) in [6.45, 7) is 3.36. The van der Waals surface area contributed by atoms with Crippen molar-refractivity contribution in [3.8, 4) is 0 Å². The quantitative estimate of drug-likeness (QED) is 0.777. The smallest absolute Gasteiger partial charge is 0.317 e. The van der Waals surface area contributed by atoms with Crippen LogP contribution in [0.15, 0.2) is 23.1 Å². The fourth-order valence-corrected chi connectivity index (χ4v) is 3.92. The molecule has 138 valence electrons. The minimum Gasteiger partial charge on any atom is -0.317 e. The van der Waals surface area contributed by atoms with E-state index in [1.54, 1.807) is 0 Å². The van der Waals surface area contributed by atoms with E-state index in [0.717, 1.165) is 13.1 Å². The van der Waals surface area contributed by atoms with Gasteiger partial charge in [0.2, 0.25) is 10.0 Å². The average molecular weight is 391 g/mol. The first-order valence-electron chi connectivity index (χ1n) is 7.11. The molecule has 0 saturated carbocycles. The number of hydrogen-bond acceptors (Lipinski definition) is 3. The Hall–Kier alpha value is -0.900. The second kappa shape index (κ2) is 7.55. The lowest BCUT2D eigenvalue weighted by Crippen LogP contribution is -2.43. The number of halogens is 5. The van der Waals surface area contributed by atoms with Crippen molar-refractivity contribution in [3.05, 3.63) is 29.6 Å². The lowest BCUT2D eigenvalue weighted by atomic mass is 9.81. The number of alkyl halides is 3. The van der Waals surface area contributed by atoms with Crippen LogP contribution in [-0.2, 0) is 16.2 Å². The second-order valence-electron chi connectivity index (χ2n) is 6.02. The van der Waals surface area contributed by atoms with Gasteiger partial charge in [0.05, 0.1) is 10.5 Å². The summed E-state index contributed by atoms with van der Waals surface area (Å²) in [4.78, 5) is -0.955. The zero-order chi connectivity index (χ0) is 17.3. The van der Waals surface area contributed by atoms with Crippen molar-refractivity contribution in [3.63, 3.8) is 0 Å². The summed E-state index contributed by atoms with van der Waals surface area (Å²) in [7, 11) is -4.39. The number of sulfonamides is 1. The van der Waals surface area contributed by atoms with E-state index in [4.69, 9.17) is 0 Å². The highest BCUT2D eigenvalue weighted by atomic mass is 35.5. The molecule has 0 aromatic heterocycles. The topological polar surface area (TPSA) is 58.2 Å². The summed E-state index contributed by atoms with van der Waals surface area (Å²) >= 11 is 0. The zero-order valence-corrected chi connectivity index (χ0v) is 14.5. The Bertz CT molecular complexity index is 674. The van der Waals surface area contributed by atoms with Crippen molar-refractivity contribution in [2.24, 2.45) is 5.41 Å². The maximum atomic E-state index is 13.1. The highest BCUT2D eigenvalue weighted by Gasteiger charge is 2.38. The molecule has 1 aromatic rings. The number of benzene rings is 1. The van der Waals surface area contributed by atoms with Gasteiger partial charge < -0.3 is 5.32 Å². The van der Waals surface area contributed by atoms with E-state index in [-0.39, 0.29) is 30.4 Å². The van der Waals surface area contributed by atoms with Crippen LogP contribution in [0.1, 0.15) is 25.3 Å². The summed E-state index contributed by atoms with van der Waals surface area (Å²) in [6, 6.07) is 1.54. The van der Waals surface area contributed by atoms with E-state index in [2.05, 4.69) is 10.0 Å². The molecule has 2 rings (SSSR count).